The first-order chi connectivity index (χ1) is 11.2. The molecule has 0 aliphatic carbocycles. The van der Waals surface area contributed by atoms with Crippen LogP contribution in [0.3, 0.4) is 0 Å². The number of methoxy groups -OCH3 is 1. The lowest BCUT2D eigenvalue weighted by atomic mass is 10.2. The average molecular weight is 311 g/mol. The van der Waals surface area contributed by atoms with Gasteiger partial charge in [-0.1, -0.05) is 12.1 Å². The van der Waals surface area contributed by atoms with Gasteiger partial charge in [-0.25, -0.2) is 4.98 Å². The molecule has 118 valence electrons. The molecule has 6 nitrogen and oxygen atoms in total. The van der Waals surface area contributed by atoms with Gasteiger partial charge in [-0.05, 0) is 23.8 Å². The summed E-state index contributed by atoms with van der Waals surface area (Å²) in [5.74, 6) is 1.19. The lowest BCUT2D eigenvalue weighted by Crippen LogP contribution is -2.30. The van der Waals surface area contributed by atoms with Crippen molar-refractivity contribution in [1.82, 2.24) is 10.3 Å². The third-order valence-electron chi connectivity index (χ3n) is 3.48. The first-order valence-corrected chi connectivity index (χ1v) is 7.17. The molecule has 1 aromatic heterocycles. The summed E-state index contributed by atoms with van der Waals surface area (Å²) in [4.78, 5) is 18.0. The number of likely N-dealkylation sites (N-methyl/N-ethyl adjacent to an activating group) is 1. The molecule has 0 saturated heterocycles. The van der Waals surface area contributed by atoms with Crippen LogP contribution in [-0.2, 0) is 11.3 Å². The molecule has 1 aliphatic rings. The molecule has 1 N–H and O–H groups in total. The molecule has 2 heterocycles. The number of nitrogens with zero attached hydrogens (tertiary/aromatic N) is 2. The molecular formula is C17H17N3O3. The first-order valence-electron chi connectivity index (χ1n) is 7.17. The molecule has 6 heteroatoms. The Morgan fingerprint density at radius 2 is 2.17 bits per heavy atom. The van der Waals surface area contributed by atoms with Crippen molar-refractivity contribution in [3.63, 3.8) is 0 Å². The Morgan fingerprint density at radius 3 is 2.96 bits per heavy atom. The van der Waals surface area contributed by atoms with Crippen LogP contribution < -0.4 is 19.7 Å². The van der Waals surface area contributed by atoms with Crippen molar-refractivity contribution in [1.29, 1.82) is 0 Å². The van der Waals surface area contributed by atoms with E-state index >= 15 is 0 Å². The Labute approximate surface area is 134 Å². The molecule has 0 atom stereocenters. The van der Waals surface area contributed by atoms with Crippen LogP contribution in [0.5, 0.6) is 11.6 Å². The van der Waals surface area contributed by atoms with Crippen molar-refractivity contribution in [3.05, 3.63) is 60.1 Å². The Morgan fingerprint density at radius 1 is 1.35 bits per heavy atom. The van der Waals surface area contributed by atoms with Crippen LogP contribution in [0, 0.1) is 0 Å². The van der Waals surface area contributed by atoms with E-state index in [4.69, 9.17) is 9.47 Å². The number of hydrogen-bond donors (Lipinski definition) is 1. The molecule has 0 saturated carbocycles. The quantitative estimate of drug-likeness (QED) is 0.936. The van der Waals surface area contributed by atoms with Crippen LogP contribution in [-0.4, -0.2) is 25.0 Å². The van der Waals surface area contributed by atoms with Crippen molar-refractivity contribution in [3.8, 4) is 11.6 Å². The maximum absolute atomic E-state index is 11.9. The Hall–Kier alpha value is -3.02. The van der Waals surface area contributed by atoms with Crippen molar-refractivity contribution in [2.75, 3.05) is 19.1 Å². The van der Waals surface area contributed by atoms with Gasteiger partial charge in [-0.15, -0.1) is 0 Å². The molecule has 2 aromatic rings. The number of fused-ring (bicyclic) bond motifs is 1. The number of para-hydroxylation sites is 2. The summed E-state index contributed by atoms with van der Waals surface area (Å²) in [5, 5.41) is 2.58. The van der Waals surface area contributed by atoms with Gasteiger partial charge in [0.05, 0.1) is 19.0 Å². The van der Waals surface area contributed by atoms with Gasteiger partial charge in [0.25, 0.3) is 5.91 Å². The van der Waals surface area contributed by atoms with E-state index in [1.165, 1.54) is 0 Å². The lowest BCUT2D eigenvalue weighted by Gasteiger charge is -2.28. The van der Waals surface area contributed by atoms with E-state index in [0.717, 1.165) is 11.3 Å². The fourth-order valence-electron chi connectivity index (χ4n) is 2.35. The number of hydrogen-bond acceptors (Lipinski definition) is 5. The molecule has 0 radical (unpaired) electrons. The van der Waals surface area contributed by atoms with E-state index in [2.05, 4.69) is 10.3 Å². The molecule has 1 aliphatic heterocycles. The highest BCUT2D eigenvalue weighted by molar-refractivity contribution is 5.93. The zero-order valence-corrected chi connectivity index (χ0v) is 12.9. The molecule has 0 bridgehead atoms. The number of rotatable bonds is 4. The fourth-order valence-corrected chi connectivity index (χ4v) is 2.35. The zero-order valence-electron chi connectivity index (χ0n) is 12.9. The highest BCUT2D eigenvalue weighted by Gasteiger charge is 2.22. The minimum atomic E-state index is -0.267. The monoisotopic (exact) mass is 311 g/mol. The highest BCUT2D eigenvalue weighted by atomic mass is 16.5. The second-order valence-electron chi connectivity index (χ2n) is 4.98. The number of ether oxygens (including phenoxy) is 2. The Kier molecular flexibility index (Phi) is 4.14. The van der Waals surface area contributed by atoms with Crippen LogP contribution in [0.2, 0.25) is 0 Å². The second-order valence-corrected chi connectivity index (χ2v) is 4.98. The topological polar surface area (TPSA) is 63.7 Å². The summed E-state index contributed by atoms with van der Waals surface area (Å²) in [7, 11) is 3.16. The van der Waals surface area contributed by atoms with Gasteiger partial charge in [0.1, 0.15) is 0 Å². The number of amides is 1. The summed E-state index contributed by atoms with van der Waals surface area (Å²) in [6, 6.07) is 11.4. The van der Waals surface area contributed by atoms with Gasteiger partial charge < -0.3 is 19.7 Å². The van der Waals surface area contributed by atoms with E-state index in [1.807, 2.05) is 41.3 Å². The lowest BCUT2D eigenvalue weighted by molar-refractivity contribution is -0.119. The van der Waals surface area contributed by atoms with Crippen molar-refractivity contribution < 1.29 is 14.3 Å². The molecule has 1 aromatic carbocycles. The fraction of sp³-hybridized carbons (Fsp3) is 0.176. The zero-order chi connectivity index (χ0) is 16.2. The van der Waals surface area contributed by atoms with Gasteiger partial charge in [0.15, 0.2) is 5.75 Å². The molecular weight excluding hydrogens is 294 g/mol. The molecule has 0 fully saturated rings. The number of anilines is 1. The van der Waals surface area contributed by atoms with Crippen molar-refractivity contribution in [2.45, 2.75) is 6.54 Å². The smallest absolute Gasteiger partial charge is 0.288 e. The van der Waals surface area contributed by atoms with E-state index in [0.29, 0.717) is 18.2 Å². The standard InChI is InChI=1S/C17H17N3O3/c1-18-17(21)15-11-20(13-5-3-4-6-14(13)23-15)10-12-7-8-19-16(9-12)22-2/h3-9,11H,10H2,1-2H3,(H,18,21). The van der Waals surface area contributed by atoms with Gasteiger partial charge >= 0.3 is 0 Å². The molecule has 0 unspecified atom stereocenters. The number of aromatic nitrogens is 1. The van der Waals surface area contributed by atoms with Gasteiger partial charge in [0, 0.05) is 25.9 Å². The summed E-state index contributed by atoms with van der Waals surface area (Å²) < 4.78 is 10.8. The Bertz CT molecular complexity index is 758. The van der Waals surface area contributed by atoms with E-state index < -0.39 is 0 Å². The van der Waals surface area contributed by atoms with Crippen LogP contribution in [0.4, 0.5) is 5.69 Å². The largest absolute Gasteiger partial charge is 0.481 e. The molecule has 1 amide bonds. The average Bonchev–Trinajstić information content (AvgIpc) is 2.61. The van der Waals surface area contributed by atoms with E-state index in [9.17, 15) is 4.79 Å². The van der Waals surface area contributed by atoms with Gasteiger partial charge in [-0.3, -0.25) is 4.79 Å². The normalized spacial score (nSPS) is 12.8. The van der Waals surface area contributed by atoms with Crippen molar-refractivity contribution in [2.24, 2.45) is 0 Å². The van der Waals surface area contributed by atoms with E-state index in [-0.39, 0.29) is 11.7 Å². The maximum atomic E-state index is 11.9. The number of carbonyl (C=O) groups is 1. The van der Waals surface area contributed by atoms with Crippen LogP contribution in [0.25, 0.3) is 0 Å². The molecule has 0 spiro atoms. The third-order valence-corrected chi connectivity index (χ3v) is 3.48. The Balaban J connectivity index is 1.94. The number of pyridine rings is 1. The summed E-state index contributed by atoms with van der Waals surface area (Å²) in [6.07, 6.45) is 3.40. The molecule has 23 heavy (non-hydrogen) atoms. The number of benzene rings is 1. The third kappa shape index (κ3) is 3.11. The van der Waals surface area contributed by atoms with Crippen LogP contribution >= 0.6 is 0 Å². The predicted molar refractivity (Wildman–Crippen MR) is 86.2 cm³/mol. The van der Waals surface area contributed by atoms with E-state index in [1.54, 1.807) is 26.6 Å². The van der Waals surface area contributed by atoms with Crippen molar-refractivity contribution >= 4 is 11.6 Å². The minimum Gasteiger partial charge on any atom is -0.481 e. The molecule has 3 rings (SSSR count). The van der Waals surface area contributed by atoms with Crippen LogP contribution in [0.1, 0.15) is 5.56 Å². The predicted octanol–water partition coefficient (Wildman–Crippen LogP) is 2.08. The number of carbonyl (C=O) groups excluding carboxylic acids is 1. The highest BCUT2D eigenvalue weighted by Crippen LogP contribution is 2.35. The SMILES string of the molecule is CNC(=O)C1=CN(Cc2ccnc(OC)c2)c2ccccc2O1. The minimum absolute atomic E-state index is 0.257. The van der Waals surface area contributed by atoms with Gasteiger partial charge in [-0.2, -0.15) is 0 Å². The summed E-state index contributed by atoms with van der Waals surface area (Å²) in [6.45, 7) is 0.569. The second kappa shape index (κ2) is 6.39. The summed E-state index contributed by atoms with van der Waals surface area (Å²) in [5.41, 5.74) is 1.91. The summed E-state index contributed by atoms with van der Waals surface area (Å²) >= 11 is 0. The maximum Gasteiger partial charge on any atom is 0.288 e. The van der Waals surface area contributed by atoms with Crippen LogP contribution in [0.15, 0.2) is 54.6 Å². The first kappa shape index (κ1) is 14.9. The number of nitrogens with one attached hydrogen (secondary N) is 1. The van der Waals surface area contributed by atoms with Gasteiger partial charge in [0.2, 0.25) is 11.6 Å².